The molecule has 5 heteroatoms. The van der Waals surface area contributed by atoms with E-state index in [-0.39, 0.29) is 11.9 Å². The fourth-order valence-electron chi connectivity index (χ4n) is 2.12. The first-order chi connectivity index (χ1) is 10.0. The maximum atomic E-state index is 11.9. The molecule has 1 aromatic carbocycles. The van der Waals surface area contributed by atoms with Crippen molar-refractivity contribution in [3.05, 3.63) is 23.8 Å². The number of benzene rings is 1. The average molecular weight is 295 g/mol. The van der Waals surface area contributed by atoms with Gasteiger partial charge in [-0.2, -0.15) is 0 Å². The van der Waals surface area contributed by atoms with Gasteiger partial charge in [0.25, 0.3) is 5.91 Å². The Balaban J connectivity index is 2.76. The maximum Gasteiger partial charge on any atom is 0.278 e. The third-order valence-corrected chi connectivity index (χ3v) is 3.49. The van der Waals surface area contributed by atoms with Crippen LogP contribution in [0.25, 0.3) is 0 Å². The van der Waals surface area contributed by atoms with Gasteiger partial charge in [0.2, 0.25) is 0 Å². The van der Waals surface area contributed by atoms with Gasteiger partial charge in [0.1, 0.15) is 6.54 Å². The van der Waals surface area contributed by atoms with Gasteiger partial charge in [0.15, 0.2) is 17.5 Å². The van der Waals surface area contributed by atoms with E-state index in [4.69, 9.17) is 9.47 Å². The van der Waals surface area contributed by atoms with Crippen LogP contribution in [0.15, 0.2) is 18.2 Å². The third kappa shape index (κ3) is 4.93. The van der Waals surface area contributed by atoms with Crippen molar-refractivity contribution in [1.29, 1.82) is 0 Å². The molecule has 0 aliphatic heterocycles. The Bertz CT molecular complexity index is 463. The van der Waals surface area contributed by atoms with Crippen molar-refractivity contribution in [3.8, 4) is 11.5 Å². The van der Waals surface area contributed by atoms with E-state index < -0.39 is 0 Å². The third-order valence-electron chi connectivity index (χ3n) is 3.49. The number of methoxy groups -OCH3 is 1. The first-order valence-electron chi connectivity index (χ1n) is 7.43. The highest BCUT2D eigenvalue weighted by Crippen LogP contribution is 2.27. The van der Waals surface area contributed by atoms with Crippen LogP contribution >= 0.6 is 0 Å². The van der Waals surface area contributed by atoms with Crippen LogP contribution in [0.5, 0.6) is 11.5 Å². The van der Waals surface area contributed by atoms with E-state index in [9.17, 15) is 4.79 Å². The average Bonchev–Trinajstić information content (AvgIpc) is 2.48. The van der Waals surface area contributed by atoms with Gasteiger partial charge in [0.05, 0.1) is 20.8 Å². The van der Waals surface area contributed by atoms with Crippen molar-refractivity contribution in [1.82, 2.24) is 5.32 Å². The Morgan fingerprint density at radius 3 is 2.62 bits per heavy atom. The number of likely N-dealkylation sites (N-methyl/N-ethyl adjacent to an activating group) is 2. The number of amides is 1. The predicted molar refractivity (Wildman–Crippen MR) is 82.9 cm³/mol. The summed E-state index contributed by atoms with van der Waals surface area (Å²) in [5.41, 5.74) is 1.11. The van der Waals surface area contributed by atoms with E-state index >= 15 is 0 Å². The molecule has 0 aliphatic carbocycles. The van der Waals surface area contributed by atoms with Crippen molar-refractivity contribution in [2.45, 2.75) is 33.4 Å². The molecule has 2 N–H and O–H groups in total. The van der Waals surface area contributed by atoms with Crippen molar-refractivity contribution >= 4 is 5.91 Å². The predicted octanol–water partition coefficient (Wildman–Crippen LogP) is 0.633. The van der Waals surface area contributed by atoms with E-state index in [1.54, 1.807) is 7.11 Å². The molecule has 0 fully saturated rings. The molecule has 5 nitrogen and oxygen atoms in total. The molecule has 0 radical (unpaired) electrons. The fraction of sp³-hybridized carbons (Fsp3) is 0.562. The summed E-state index contributed by atoms with van der Waals surface area (Å²) in [5, 5.41) is 2.86. The first-order valence-corrected chi connectivity index (χ1v) is 7.43. The summed E-state index contributed by atoms with van der Waals surface area (Å²) in [4.78, 5) is 13.0. The highest BCUT2D eigenvalue weighted by Gasteiger charge is 2.21. The molecule has 1 rings (SSSR count). The summed E-state index contributed by atoms with van der Waals surface area (Å²) >= 11 is 0. The van der Waals surface area contributed by atoms with Crippen LogP contribution in [-0.2, 0) is 11.3 Å². The molecule has 0 heterocycles. The standard InChI is InChI=1S/C16H26N2O3/c1-6-17-16(19)12(3)18(4)11-13-8-9-14(21-7-2)15(10-13)20-5/h8-10,12H,6-7,11H2,1-5H3,(H,17,19)/p+1/t12-/m1/s1. The van der Waals surface area contributed by atoms with Crippen LogP contribution in [-0.4, -0.2) is 39.3 Å². The van der Waals surface area contributed by atoms with E-state index in [1.807, 2.05) is 46.0 Å². The zero-order valence-corrected chi connectivity index (χ0v) is 13.7. The van der Waals surface area contributed by atoms with Gasteiger partial charge in [-0.3, -0.25) is 4.79 Å². The minimum Gasteiger partial charge on any atom is -0.493 e. The topological polar surface area (TPSA) is 52.0 Å². The number of hydrogen-bond donors (Lipinski definition) is 2. The Morgan fingerprint density at radius 2 is 2.05 bits per heavy atom. The van der Waals surface area contributed by atoms with Crippen LogP contribution in [0.2, 0.25) is 0 Å². The molecule has 0 saturated carbocycles. The van der Waals surface area contributed by atoms with Crippen molar-refractivity contribution in [2.75, 3.05) is 27.3 Å². The summed E-state index contributed by atoms with van der Waals surface area (Å²) in [6.45, 7) is 7.83. The molecule has 21 heavy (non-hydrogen) atoms. The van der Waals surface area contributed by atoms with Gasteiger partial charge in [-0.05, 0) is 39.0 Å². The molecule has 0 aromatic heterocycles. The first kappa shape index (κ1) is 17.3. The molecule has 118 valence electrons. The number of hydrogen-bond acceptors (Lipinski definition) is 3. The molecular formula is C16H27N2O3+. The minimum atomic E-state index is -0.0949. The zero-order valence-electron chi connectivity index (χ0n) is 13.7. The highest BCUT2D eigenvalue weighted by molar-refractivity contribution is 5.79. The van der Waals surface area contributed by atoms with Crippen molar-refractivity contribution in [3.63, 3.8) is 0 Å². The normalized spacial score (nSPS) is 13.4. The lowest BCUT2D eigenvalue weighted by Crippen LogP contribution is -3.12. The Morgan fingerprint density at radius 1 is 1.33 bits per heavy atom. The minimum absolute atomic E-state index is 0.0768. The lowest BCUT2D eigenvalue weighted by Gasteiger charge is -2.21. The summed E-state index contributed by atoms with van der Waals surface area (Å²) < 4.78 is 10.9. The second-order valence-electron chi connectivity index (χ2n) is 5.06. The zero-order chi connectivity index (χ0) is 15.8. The van der Waals surface area contributed by atoms with E-state index in [1.165, 1.54) is 0 Å². The van der Waals surface area contributed by atoms with Crippen LogP contribution in [0.4, 0.5) is 0 Å². The SMILES string of the molecule is CCNC(=O)[C@@H](C)[NH+](C)Cc1ccc(OCC)c(OC)c1. The number of quaternary nitrogens is 1. The van der Waals surface area contributed by atoms with E-state index in [0.717, 1.165) is 28.5 Å². The molecule has 1 aromatic rings. The quantitative estimate of drug-likeness (QED) is 0.740. The van der Waals surface area contributed by atoms with Gasteiger partial charge in [0, 0.05) is 12.1 Å². The summed E-state index contributed by atoms with van der Waals surface area (Å²) in [6.07, 6.45) is 0. The van der Waals surface area contributed by atoms with Gasteiger partial charge in [-0.15, -0.1) is 0 Å². The number of carbonyl (C=O) groups is 1. The summed E-state index contributed by atoms with van der Waals surface area (Å²) in [7, 11) is 3.65. The van der Waals surface area contributed by atoms with Gasteiger partial charge >= 0.3 is 0 Å². The van der Waals surface area contributed by atoms with Gasteiger partial charge in [-0.1, -0.05) is 0 Å². The second-order valence-corrected chi connectivity index (χ2v) is 5.06. The van der Waals surface area contributed by atoms with Crippen molar-refractivity contribution < 1.29 is 19.2 Å². The molecule has 0 spiro atoms. The Labute approximate surface area is 127 Å². The van der Waals surface area contributed by atoms with Gasteiger partial charge in [-0.25, -0.2) is 0 Å². The molecule has 0 bridgehead atoms. The largest absolute Gasteiger partial charge is 0.493 e. The van der Waals surface area contributed by atoms with Gasteiger partial charge < -0.3 is 19.7 Å². The lowest BCUT2D eigenvalue weighted by molar-refractivity contribution is -0.908. The Kier molecular flexibility index (Phi) is 7.02. The molecule has 0 saturated heterocycles. The summed E-state index contributed by atoms with van der Waals surface area (Å²) in [5.74, 6) is 1.55. The number of carbonyl (C=O) groups excluding carboxylic acids is 1. The number of rotatable bonds is 8. The molecule has 0 aliphatic rings. The second kappa shape index (κ2) is 8.52. The van der Waals surface area contributed by atoms with E-state index in [2.05, 4.69) is 5.32 Å². The lowest BCUT2D eigenvalue weighted by atomic mass is 10.1. The number of nitrogens with one attached hydrogen (secondary N) is 2. The molecule has 1 unspecified atom stereocenters. The van der Waals surface area contributed by atoms with Crippen LogP contribution in [0.1, 0.15) is 26.3 Å². The monoisotopic (exact) mass is 295 g/mol. The summed E-state index contributed by atoms with van der Waals surface area (Å²) in [6, 6.07) is 5.81. The van der Waals surface area contributed by atoms with E-state index in [0.29, 0.717) is 13.2 Å². The fourth-order valence-corrected chi connectivity index (χ4v) is 2.12. The highest BCUT2D eigenvalue weighted by atomic mass is 16.5. The maximum absolute atomic E-state index is 11.9. The van der Waals surface area contributed by atoms with Crippen LogP contribution in [0, 0.1) is 0 Å². The van der Waals surface area contributed by atoms with Crippen LogP contribution in [0.3, 0.4) is 0 Å². The van der Waals surface area contributed by atoms with Crippen LogP contribution < -0.4 is 19.7 Å². The van der Waals surface area contributed by atoms with Crippen molar-refractivity contribution in [2.24, 2.45) is 0 Å². The molecule has 1 amide bonds. The smallest absolute Gasteiger partial charge is 0.278 e. The molecule has 2 atom stereocenters. The number of ether oxygens (including phenoxy) is 2. The molecular weight excluding hydrogens is 268 g/mol. The Hall–Kier alpha value is -1.75.